The van der Waals surface area contributed by atoms with Crippen LogP contribution in [0.15, 0.2) is 72.9 Å². The molecular formula is C49H82O6. The van der Waals surface area contributed by atoms with Crippen LogP contribution < -0.4 is 0 Å². The van der Waals surface area contributed by atoms with E-state index in [1.807, 2.05) is 12.2 Å². The molecule has 0 aliphatic heterocycles. The fourth-order valence-corrected chi connectivity index (χ4v) is 5.88. The van der Waals surface area contributed by atoms with Crippen molar-refractivity contribution in [1.29, 1.82) is 0 Å². The van der Waals surface area contributed by atoms with E-state index in [9.17, 15) is 14.4 Å². The zero-order chi connectivity index (χ0) is 40.1. The Hall–Kier alpha value is -3.15. The molecule has 1 unspecified atom stereocenters. The zero-order valence-corrected chi connectivity index (χ0v) is 35.7. The van der Waals surface area contributed by atoms with Gasteiger partial charge in [-0.2, -0.15) is 0 Å². The molecule has 6 nitrogen and oxygen atoms in total. The number of ether oxygens (including phenoxy) is 3. The average molecular weight is 767 g/mol. The first-order valence-electron chi connectivity index (χ1n) is 22.4. The highest BCUT2D eigenvalue weighted by atomic mass is 16.6. The van der Waals surface area contributed by atoms with Gasteiger partial charge < -0.3 is 14.2 Å². The quantitative estimate of drug-likeness (QED) is 0.0268. The van der Waals surface area contributed by atoms with E-state index >= 15 is 0 Å². The number of unbranched alkanes of at least 4 members (excludes halogenated alkanes) is 16. The summed E-state index contributed by atoms with van der Waals surface area (Å²) in [4.78, 5) is 37.4. The minimum Gasteiger partial charge on any atom is -0.462 e. The van der Waals surface area contributed by atoms with Gasteiger partial charge in [-0.15, -0.1) is 0 Å². The van der Waals surface area contributed by atoms with Gasteiger partial charge in [0, 0.05) is 19.3 Å². The Morgan fingerprint density at radius 3 is 1.11 bits per heavy atom. The highest BCUT2D eigenvalue weighted by Crippen LogP contribution is 2.14. The molecule has 0 spiro atoms. The van der Waals surface area contributed by atoms with Crippen LogP contribution in [0, 0.1) is 0 Å². The number of carbonyl (C=O) groups excluding carboxylic acids is 3. The first-order chi connectivity index (χ1) is 27.0. The Balaban J connectivity index is 4.35. The maximum absolute atomic E-state index is 12.6. The molecule has 0 amide bonds. The molecule has 0 bridgehead atoms. The van der Waals surface area contributed by atoms with Gasteiger partial charge in [-0.05, 0) is 57.8 Å². The predicted octanol–water partition coefficient (Wildman–Crippen LogP) is 14.3. The molecule has 314 valence electrons. The van der Waals surface area contributed by atoms with Gasteiger partial charge >= 0.3 is 17.9 Å². The highest BCUT2D eigenvalue weighted by molar-refractivity contribution is 5.71. The normalized spacial score (nSPS) is 12.7. The third-order valence-electron chi connectivity index (χ3n) is 9.24. The fourth-order valence-electron chi connectivity index (χ4n) is 5.88. The molecule has 0 heterocycles. The molecule has 1 atom stereocenters. The third-order valence-corrected chi connectivity index (χ3v) is 9.24. The molecule has 0 N–H and O–H groups in total. The molecule has 0 saturated heterocycles. The lowest BCUT2D eigenvalue weighted by atomic mass is 10.0. The fraction of sp³-hybridized carbons (Fsp3) is 0.694. The van der Waals surface area contributed by atoms with Crippen LogP contribution >= 0.6 is 0 Å². The number of hydrogen-bond donors (Lipinski definition) is 0. The summed E-state index contributed by atoms with van der Waals surface area (Å²) in [5.41, 5.74) is 0. The summed E-state index contributed by atoms with van der Waals surface area (Å²) >= 11 is 0. The predicted molar refractivity (Wildman–Crippen MR) is 233 cm³/mol. The van der Waals surface area contributed by atoms with Crippen molar-refractivity contribution in [1.82, 2.24) is 0 Å². The topological polar surface area (TPSA) is 78.9 Å². The van der Waals surface area contributed by atoms with Crippen molar-refractivity contribution < 1.29 is 28.6 Å². The summed E-state index contributed by atoms with van der Waals surface area (Å²) in [5.74, 6) is -1.00. The van der Waals surface area contributed by atoms with Gasteiger partial charge in [-0.3, -0.25) is 14.4 Å². The molecule has 55 heavy (non-hydrogen) atoms. The second-order valence-corrected chi connectivity index (χ2v) is 14.6. The van der Waals surface area contributed by atoms with Gasteiger partial charge in [-0.1, -0.05) is 196 Å². The summed E-state index contributed by atoms with van der Waals surface area (Å²) in [6.07, 6.45) is 53.5. The molecule has 0 aromatic heterocycles. The molecule has 6 heteroatoms. The van der Waals surface area contributed by atoms with Crippen LogP contribution in [0.3, 0.4) is 0 Å². The van der Waals surface area contributed by atoms with Crippen LogP contribution in [-0.2, 0) is 28.6 Å². The lowest BCUT2D eigenvalue weighted by molar-refractivity contribution is -0.166. The highest BCUT2D eigenvalue weighted by Gasteiger charge is 2.19. The lowest BCUT2D eigenvalue weighted by Gasteiger charge is -2.18. The van der Waals surface area contributed by atoms with Crippen molar-refractivity contribution in [3.8, 4) is 0 Å². The van der Waals surface area contributed by atoms with Gasteiger partial charge in [0.05, 0.1) is 0 Å². The van der Waals surface area contributed by atoms with Gasteiger partial charge in [0.2, 0.25) is 0 Å². The Morgan fingerprint density at radius 2 is 0.709 bits per heavy atom. The van der Waals surface area contributed by atoms with E-state index < -0.39 is 6.10 Å². The number of allylic oxidation sites excluding steroid dienone is 12. The average Bonchev–Trinajstić information content (AvgIpc) is 3.18. The van der Waals surface area contributed by atoms with E-state index in [0.29, 0.717) is 19.3 Å². The van der Waals surface area contributed by atoms with Gasteiger partial charge in [0.1, 0.15) is 13.2 Å². The van der Waals surface area contributed by atoms with E-state index in [0.717, 1.165) is 89.9 Å². The van der Waals surface area contributed by atoms with Crippen LogP contribution in [0.5, 0.6) is 0 Å². The molecule has 0 rings (SSSR count). The van der Waals surface area contributed by atoms with Crippen LogP contribution in [0.2, 0.25) is 0 Å². The maximum Gasteiger partial charge on any atom is 0.306 e. The number of carbonyl (C=O) groups is 3. The van der Waals surface area contributed by atoms with E-state index in [1.165, 1.54) is 64.2 Å². The van der Waals surface area contributed by atoms with Gasteiger partial charge in [-0.25, -0.2) is 0 Å². The van der Waals surface area contributed by atoms with Crippen molar-refractivity contribution in [2.45, 2.75) is 207 Å². The maximum atomic E-state index is 12.6. The number of esters is 3. The van der Waals surface area contributed by atoms with Crippen LogP contribution in [0.4, 0.5) is 0 Å². The minimum absolute atomic E-state index is 0.0986. The first-order valence-corrected chi connectivity index (χ1v) is 22.4. The van der Waals surface area contributed by atoms with E-state index in [2.05, 4.69) is 81.5 Å². The van der Waals surface area contributed by atoms with Crippen LogP contribution in [-0.4, -0.2) is 37.2 Å². The minimum atomic E-state index is -0.798. The molecule has 0 fully saturated rings. The van der Waals surface area contributed by atoms with Crippen molar-refractivity contribution in [3.05, 3.63) is 72.9 Å². The van der Waals surface area contributed by atoms with Crippen molar-refractivity contribution in [3.63, 3.8) is 0 Å². The van der Waals surface area contributed by atoms with Gasteiger partial charge in [0.15, 0.2) is 6.10 Å². The zero-order valence-electron chi connectivity index (χ0n) is 35.7. The van der Waals surface area contributed by atoms with Crippen molar-refractivity contribution in [2.24, 2.45) is 0 Å². The monoisotopic (exact) mass is 767 g/mol. The SMILES string of the molecule is CC/C=C/C/C=C/C/C=C/C/C=C\C/C=C/C/C=C/CCC(=O)OCC(COC(=O)CCCCCCC)OC(=O)CCCCCCCCCCCCCCC. The summed E-state index contributed by atoms with van der Waals surface area (Å²) in [6, 6.07) is 0. The standard InChI is InChI=1S/C49H82O6/c1-4-7-10-13-15-17-19-21-22-23-24-25-26-28-29-31-33-36-39-42-48(51)54-45-46(44-53-47(50)41-38-35-12-9-6-3)55-49(52)43-40-37-34-32-30-27-20-18-16-14-11-8-5-2/h7,10,15,17,21-22,24-25,28-29,33,36,46H,4-6,8-9,11-14,16,18-20,23,26-27,30-32,34-35,37-45H2,1-3H3/b10-7+,17-15+,22-21+,25-24-,29-28+,36-33+. The second-order valence-electron chi connectivity index (χ2n) is 14.6. The van der Waals surface area contributed by atoms with Crippen LogP contribution in [0.1, 0.15) is 201 Å². The molecular weight excluding hydrogens is 685 g/mol. The van der Waals surface area contributed by atoms with Crippen molar-refractivity contribution >= 4 is 17.9 Å². The van der Waals surface area contributed by atoms with Crippen molar-refractivity contribution in [2.75, 3.05) is 13.2 Å². The second kappa shape index (κ2) is 43.6. The summed E-state index contributed by atoms with van der Waals surface area (Å²) in [6.45, 7) is 6.35. The largest absolute Gasteiger partial charge is 0.462 e. The summed E-state index contributed by atoms with van der Waals surface area (Å²) in [7, 11) is 0. The number of rotatable bonds is 39. The lowest BCUT2D eigenvalue weighted by Crippen LogP contribution is -2.30. The third kappa shape index (κ3) is 41.8. The molecule has 0 aromatic carbocycles. The Morgan fingerprint density at radius 1 is 0.382 bits per heavy atom. The molecule has 0 aromatic rings. The van der Waals surface area contributed by atoms with E-state index in [4.69, 9.17) is 14.2 Å². The Bertz CT molecular complexity index is 1070. The van der Waals surface area contributed by atoms with E-state index in [-0.39, 0.29) is 37.5 Å². The van der Waals surface area contributed by atoms with E-state index in [1.54, 1.807) is 0 Å². The Labute approximate surface area is 338 Å². The van der Waals surface area contributed by atoms with Crippen LogP contribution in [0.25, 0.3) is 0 Å². The molecule has 0 radical (unpaired) electrons. The summed E-state index contributed by atoms with van der Waals surface area (Å²) in [5, 5.41) is 0. The van der Waals surface area contributed by atoms with Gasteiger partial charge in [0.25, 0.3) is 0 Å². The first kappa shape index (κ1) is 51.9. The molecule has 0 aliphatic carbocycles. The number of hydrogen-bond acceptors (Lipinski definition) is 6. The smallest absolute Gasteiger partial charge is 0.306 e. The Kier molecular flexibility index (Phi) is 41.1. The summed E-state index contributed by atoms with van der Waals surface area (Å²) < 4.78 is 16.5. The molecule has 0 saturated carbocycles. The molecule has 0 aliphatic rings.